The van der Waals surface area contributed by atoms with Gasteiger partial charge in [0.1, 0.15) is 0 Å². The fourth-order valence-electron chi connectivity index (χ4n) is 1.33. The molecule has 2 aromatic rings. The van der Waals surface area contributed by atoms with Crippen molar-refractivity contribution in [2.75, 3.05) is 12.3 Å². The molecule has 0 spiro atoms. The highest BCUT2D eigenvalue weighted by atomic mass is 32.2. The zero-order valence-corrected chi connectivity index (χ0v) is 11.3. The predicted octanol–water partition coefficient (Wildman–Crippen LogP) is 1.54. The van der Waals surface area contributed by atoms with Gasteiger partial charge in [-0.15, -0.1) is 5.10 Å². The molecule has 7 heteroatoms. The third kappa shape index (κ3) is 4.10. The van der Waals surface area contributed by atoms with Crippen LogP contribution in [0.2, 0.25) is 0 Å². The number of nitrogens with zero attached hydrogens (tertiary/aromatic N) is 4. The van der Waals surface area contributed by atoms with Crippen LogP contribution < -0.4 is 5.32 Å². The molecule has 2 rings (SSSR count). The monoisotopic (exact) mass is 269 g/mol. The van der Waals surface area contributed by atoms with Crippen LogP contribution >= 0.6 is 23.1 Å². The number of thiophene rings is 1. The van der Waals surface area contributed by atoms with Crippen molar-refractivity contribution < 1.29 is 0 Å². The van der Waals surface area contributed by atoms with Gasteiger partial charge in [0.25, 0.3) is 0 Å². The summed E-state index contributed by atoms with van der Waals surface area (Å²) in [4.78, 5) is 0. The number of hydrogen-bond acceptors (Lipinski definition) is 6. The maximum absolute atomic E-state index is 3.92. The summed E-state index contributed by atoms with van der Waals surface area (Å²) in [6.45, 7) is 1.98. The maximum atomic E-state index is 3.92. The lowest BCUT2D eigenvalue weighted by molar-refractivity contribution is 0.661. The molecule has 0 atom stereocenters. The molecule has 0 aromatic carbocycles. The van der Waals surface area contributed by atoms with Crippen molar-refractivity contribution in [3.63, 3.8) is 0 Å². The summed E-state index contributed by atoms with van der Waals surface area (Å²) in [5, 5.41) is 19.9. The summed E-state index contributed by atoms with van der Waals surface area (Å²) in [6, 6.07) is 2.15. The zero-order chi connectivity index (χ0) is 11.9. The first-order valence-electron chi connectivity index (χ1n) is 5.43. The van der Waals surface area contributed by atoms with E-state index < -0.39 is 0 Å². The number of rotatable bonds is 7. The second-order valence-electron chi connectivity index (χ2n) is 3.60. The van der Waals surface area contributed by atoms with E-state index in [1.165, 1.54) is 5.56 Å². The van der Waals surface area contributed by atoms with Crippen LogP contribution in [-0.2, 0) is 13.6 Å². The topological polar surface area (TPSA) is 55.6 Å². The summed E-state index contributed by atoms with van der Waals surface area (Å²) in [5.74, 6) is 1.03. The first-order valence-corrected chi connectivity index (χ1v) is 7.36. The summed E-state index contributed by atoms with van der Waals surface area (Å²) in [5.41, 5.74) is 1.36. The molecule has 0 aliphatic rings. The number of thioether (sulfide) groups is 1. The highest BCUT2D eigenvalue weighted by Gasteiger charge is 2.01. The molecule has 0 aliphatic heterocycles. The molecule has 2 heterocycles. The van der Waals surface area contributed by atoms with Crippen LogP contribution in [0.5, 0.6) is 0 Å². The molecule has 17 heavy (non-hydrogen) atoms. The number of aryl methyl sites for hydroxylation is 1. The number of aromatic nitrogens is 4. The Labute approximate surface area is 109 Å². The lowest BCUT2D eigenvalue weighted by atomic mass is 10.3. The average molecular weight is 269 g/mol. The Morgan fingerprint density at radius 3 is 3.18 bits per heavy atom. The second-order valence-corrected chi connectivity index (χ2v) is 5.44. The minimum Gasteiger partial charge on any atom is -0.313 e. The van der Waals surface area contributed by atoms with Gasteiger partial charge in [-0.1, -0.05) is 11.8 Å². The van der Waals surface area contributed by atoms with Crippen LogP contribution in [0.3, 0.4) is 0 Å². The van der Waals surface area contributed by atoms with E-state index in [0.29, 0.717) is 0 Å². The Morgan fingerprint density at radius 1 is 1.53 bits per heavy atom. The smallest absolute Gasteiger partial charge is 0.209 e. The average Bonchev–Trinajstić information content (AvgIpc) is 2.95. The molecule has 0 amide bonds. The maximum Gasteiger partial charge on any atom is 0.209 e. The highest BCUT2D eigenvalue weighted by molar-refractivity contribution is 7.99. The minimum atomic E-state index is 0.878. The zero-order valence-electron chi connectivity index (χ0n) is 9.67. The SMILES string of the molecule is Cn1nnnc1SCCCNCc1ccsc1. The van der Waals surface area contributed by atoms with E-state index in [4.69, 9.17) is 0 Å². The molecule has 92 valence electrons. The van der Waals surface area contributed by atoms with Crippen LogP contribution in [-0.4, -0.2) is 32.5 Å². The second kappa shape index (κ2) is 6.73. The Bertz CT molecular complexity index is 426. The van der Waals surface area contributed by atoms with E-state index in [-0.39, 0.29) is 0 Å². The highest BCUT2D eigenvalue weighted by Crippen LogP contribution is 2.12. The van der Waals surface area contributed by atoms with Crippen LogP contribution in [0.4, 0.5) is 0 Å². The molecule has 0 radical (unpaired) electrons. The van der Waals surface area contributed by atoms with Crippen LogP contribution in [0.1, 0.15) is 12.0 Å². The van der Waals surface area contributed by atoms with Crippen molar-refractivity contribution in [3.8, 4) is 0 Å². The van der Waals surface area contributed by atoms with E-state index in [2.05, 4.69) is 37.7 Å². The fourth-order valence-corrected chi connectivity index (χ4v) is 2.79. The number of tetrazole rings is 1. The summed E-state index contributed by atoms with van der Waals surface area (Å²) < 4.78 is 1.70. The molecule has 0 fully saturated rings. The Kier molecular flexibility index (Phi) is 4.96. The van der Waals surface area contributed by atoms with Crippen molar-refractivity contribution in [1.29, 1.82) is 0 Å². The van der Waals surface area contributed by atoms with Gasteiger partial charge in [-0.2, -0.15) is 11.3 Å². The van der Waals surface area contributed by atoms with Gasteiger partial charge in [-0.3, -0.25) is 0 Å². The van der Waals surface area contributed by atoms with Gasteiger partial charge in [-0.25, -0.2) is 4.68 Å². The van der Waals surface area contributed by atoms with Crippen molar-refractivity contribution in [3.05, 3.63) is 22.4 Å². The quantitative estimate of drug-likeness (QED) is 0.610. The number of nitrogens with one attached hydrogen (secondary N) is 1. The summed E-state index contributed by atoms with van der Waals surface area (Å²) in [6.07, 6.45) is 1.11. The Morgan fingerprint density at radius 2 is 2.47 bits per heavy atom. The molecule has 0 saturated carbocycles. The third-order valence-electron chi connectivity index (χ3n) is 2.22. The summed E-state index contributed by atoms with van der Waals surface area (Å²) >= 11 is 3.43. The molecule has 0 unspecified atom stereocenters. The Hall–Kier alpha value is -0.920. The van der Waals surface area contributed by atoms with Gasteiger partial charge < -0.3 is 5.32 Å². The van der Waals surface area contributed by atoms with E-state index in [1.807, 2.05) is 7.05 Å². The molecule has 0 aliphatic carbocycles. The van der Waals surface area contributed by atoms with Gasteiger partial charge in [0.05, 0.1) is 0 Å². The van der Waals surface area contributed by atoms with Gasteiger partial charge in [-0.05, 0) is 45.8 Å². The van der Waals surface area contributed by atoms with E-state index >= 15 is 0 Å². The number of hydrogen-bond donors (Lipinski definition) is 1. The van der Waals surface area contributed by atoms with Gasteiger partial charge in [0, 0.05) is 19.3 Å². The third-order valence-corrected chi connectivity index (χ3v) is 4.05. The first kappa shape index (κ1) is 12.5. The normalized spacial score (nSPS) is 10.9. The van der Waals surface area contributed by atoms with E-state index in [0.717, 1.165) is 30.4 Å². The molecule has 2 aromatic heterocycles. The fraction of sp³-hybridized carbons (Fsp3) is 0.500. The van der Waals surface area contributed by atoms with Gasteiger partial charge >= 0.3 is 0 Å². The van der Waals surface area contributed by atoms with Crippen molar-refractivity contribution in [1.82, 2.24) is 25.5 Å². The molecule has 0 saturated heterocycles. The minimum absolute atomic E-state index is 0.878. The van der Waals surface area contributed by atoms with E-state index in [9.17, 15) is 0 Å². The van der Waals surface area contributed by atoms with Crippen molar-refractivity contribution in [2.45, 2.75) is 18.1 Å². The lowest BCUT2D eigenvalue weighted by Crippen LogP contribution is -2.14. The standard InChI is InChI=1S/C10H15N5S2/c1-15-10(12-13-14-15)17-5-2-4-11-7-9-3-6-16-8-9/h3,6,8,11H,2,4-5,7H2,1H3. The molecule has 0 bridgehead atoms. The largest absolute Gasteiger partial charge is 0.313 e. The molecule has 5 nitrogen and oxygen atoms in total. The van der Waals surface area contributed by atoms with Gasteiger partial charge in [0.15, 0.2) is 0 Å². The van der Waals surface area contributed by atoms with Crippen LogP contribution in [0.15, 0.2) is 22.0 Å². The first-order chi connectivity index (χ1) is 8.36. The molecule has 1 N–H and O–H groups in total. The van der Waals surface area contributed by atoms with E-state index in [1.54, 1.807) is 27.8 Å². The molecular weight excluding hydrogens is 254 g/mol. The van der Waals surface area contributed by atoms with Gasteiger partial charge in [0.2, 0.25) is 5.16 Å². The summed E-state index contributed by atoms with van der Waals surface area (Å²) in [7, 11) is 1.86. The van der Waals surface area contributed by atoms with Crippen molar-refractivity contribution >= 4 is 23.1 Å². The van der Waals surface area contributed by atoms with Crippen LogP contribution in [0.25, 0.3) is 0 Å². The lowest BCUT2D eigenvalue weighted by Gasteiger charge is -2.02. The van der Waals surface area contributed by atoms with Crippen molar-refractivity contribution in [2.24, 2.45) is 7.05 Å². The molecular formula is C10H15N5S2. The van der Waals surface area contributed by atoms with Crippen LogP contribution in [0, 0.1) is 0 Å². The Balaban J connectivity index is 1.54. The predicted molar refractivity (Wildman–Crippen MR) is 70.2 cm³/mol.